The molecule has 5 heteroatoms. The Morgan fingerprint density at radius 3 is 2.62 bits per heavy atom. The normalized spacial score (nSPS) is 27.7. The summed E-state index contributed by atoms with van der Waals surface area (Å²) < 4.78 is 18.3. The van der Waals surface area contributed by atoms with Gasteiger partial charge in [0.2, 0.25) is 0 Å². The van der Waals surface area contributed by atoms with Gasteiger partial charge in [0.15, 0.2) is 11.9 Å². The van der Waals surface area contributed by atoms with Gasteiger partial charge in [-0.2, -0.15) is 0 Å². The fourth-order valence-electron chi connectivity index (χ4n) is 3.16. The molecule has 1 spiro atoms. The Balaban J connectivity index is 1.92. The quantitative estimate of drug-likeness (QED) is 0.561. The molecule has 2 aliphatic rings. The lowest BCUT2D eigenvalue weighted by Crippen LogP contribution is -2.35. The van der Waals surface area contributed by atoms with Crippen LogP contribution in [0.5, 0.6) is 0 Å². The van der Waals surface area contributed by atoms with E-state index >= 15 is 0 Å². The molecule has 2 atom stereocenters. The van der Waals surface area contributed by atoms with Gasteiger partial charge in [0.25, 0.3) is 0 Å². The average Bonchev–Trinajstić information content (AvgIpc) is 2.86. The van der Waals surface area contributed by atoms with Crippen molar-refractivity contribution in [3.8, 4) is 0 Å². The first-order valence-corrected chi connectivity index (χ1v) is 8.41. The molecular formula is C16H19IO4. The van der Waals surface area contributed by atoms with Gasteiger partial charge in [-0.05, 0) is 47.1 Å². The molecule has 0 aromatic heterocycles. The van der Waals surface area contributed by atoms with E-state index in [2.05, 4.69) is 22.6 Å². The van der Waals surface area contributed by atoms with Crippen LogP contribution in [0.2, 0.25) is 0 Å². The Hall–Kier alpha value is -0.660. The van der Waals surface area contributed by atoms with Crippen LogP contribution in [0.3, 0.4) is 0 Å². The second kappa shape index (κ2) is 6.22. The number of hydrogen-bond acceptors (Lipinski definition) is 4. The fourth-order valence-corrected chi connectivity index (χ4v) is 3.85. The number of carbonyl (C=O) groups is 1. The van der Waals surface area contributed by atoms with Gasteiger partial charge in [0.05, 0.1) is 7.11 Å². The van der Waals surface area contributed by atoms with E-state index in [-0.39, 0.29) is 12.1 Å². The Bertz CT molecular complexity index is 525. The first-order chi connectivity index (χ1) is 10.2. The molecule has 2 fully saturated rings. The molecule has 1 aromatic rings. The van der Waals surface area contributed by atoms with Crippen molar-refractivity contribution in [1.82, 2.24) is 0 Å². The van der Waals surface area contributed by atoms with Crippen molar-refractivity contribution < 1.29 is 19.0 Å². The molecule has 0 amide bonds. The molecule has 1 aromatic carbocycles. The topological polar surface area (TPSA) is 44.8 Å². The Labute approximate surface area is 138 Å². The van der Waals surface area contributed by atoms with E-state index < -0.39 is 11.9 Å². The summed E-state index contributed by atoms with van der Waals surface area (Å²) in [6.45, 7) is 0. The summed E-state index contributed by atoms with van der Waals surface area (Å²) in [6.07, 6.45) is 3.98. The molecule has 4 nitrogen and oxygen atoms in total. The van der Waals surface area contributed by atoms with E-state index in [1.54, 1.807) is 0 Å². The summed E-state index contributed by atoms with van der Waals surface area (Å²) in [6, 6.07) is 7.94. The van der Waals surface area contributed by atoms with Gasteiger partial charge in [0, 0.05) is 16.4 Å². The van der Waals surface area contributed by atoms with Crippen LogP contribution in [0.4, 0.5) is 0 Å². The summed E-state index contributed by atoms with van der Waals surface area (Å²) in [4.78, 5) is 12.1. The number of hydrogen-bond donors (Lipinski definition) is 0. The van der Waals surface area contributed by atoms with E-state index in [9.17, 15) is 4.79 Å². The monoisotopic (exact) mass is 402 g/mol. The zero-order chi connectivity index (χ0) is 14.9. The molecule has 21 heavy (non-hydrogen) atoms. The van der Waals surface area contributed by atoms with E-state index in [1.165, 1.54) is 13.5 Å². The fraction of sp³-hybridized carbons (Fsp3) is 0.562. The van der Waals surface area contributed by atoms with Crippen molar-refractivity contribution in [1.29, 1.82) is 0 Å². The lowest BCUT2D eigenvalue weighted by molar-refractivity contribution is -0.199. The van der Waals surface area contributed by atoms with Gasteiger partial charge in [-0.3, -0.25) is 0 Å². The van der Waals surface area contributed by atoms with Crippen LogP contribution in [-0.2, 0) is 19.0 Å². The Morgan fingerprint density at radius 1 is 1.24 bits per heavy atom. The minimum atomic E-state index is -0.677. The number of carbonyl (C=O) groups excluding carboxylic acids is 1. The molecule has 1 heterocycles. The highest BCUT2D eigenvalue weighted by atomic mass is 127. The van der Waals surface area contributed by atoms with Crippen LogP contribution in [-0.4, -0.2) is 25.0 Å². The lowest BCUT2D eigenvalue weighted by atomic mass is 9.94. The lowest BCUT2D eigenvalue weighted by Gasteiger charge is -2.31. The van der Waals surface area contributed by atoms with E-state index in [0.29, 0.717) is 0 Å². The van der Waals surface area contributed by atoms with Crippen molar-refractivity contribution in [2.45, 2.75) is 50.1 Å². The van der Waals surface area contributed by atoms with Crippen LogP contribution < -0.4 is 0 Å². The maximum absolute atomic E-state index is 12.1. The van der Waals surface area contributed by atoms with Crippen molar-refractivity contribution in [2.75, 3.05) is 7.11 Å². The number of methoxy groups -OCH3 is 1. The third kappa shape index (κ3) is 2.96. The molecule has 0 bridgehead atoms. The zero-order valence-corrected chi connectivity index (χ0v) is 14.2. The highest BCUT2D eigenvalue weighted by Crippen LogP contribution is 2.47. The van der Waals surface area contributed by atoms with Crippen LogP contribution in [0, 0.1) is 3.57 Å². The average molecular weight is 402 g/mol. The maximum atomic E-state index is 12.1. The standard InChI is InChI=1S/C16H19IO4/c1-19-15(18)14-13(11-7-3-4-8-12(11)17)20-16(21-14)9-5-2-6-10-16/h3-4,7-8,13-14H,2,5-6,9-10H2,1H3/t13-,14+/m1/s1. The number of halogens is 1. The van der Waals surface area contributed by atoms with Crippen LogP contribution in [0.25, 0.3) is 0 Å². The molecule has 114 valence electrons. The van der Waals surface area contributed by atoms with Gasteiger partial charge in [-0.15, -0.1) is 0 Å². The third-order valence-electron chi connectivity index (χ3n) is 4.22. The molecule has 1 saturated carbocycles. The number of ether oxygens (including phenoxy) is 3. The van der Waals surface area contributed by atoms with Crippen LogP contribution in [0.15, 0.2) is 24.3 Å². The highest BCUT2D eigenvalue weighted by molar-refractivity contribution is 14.1. The Kier molecular flexibility index (Phi) is 4.51. The van der Waals surface area contributed by atoms with Gasteiger partial charge in [0.1, 0.15) is 6.10 Å². The van der Waals surface area contributed by atoms with Crippen molar-refractivity contribution >= 4 is 28.6 Å². The molecule has 0 unspecified atom stereocenters. The first kappa shape index (κ1) is 15.2. The predicted octanol–water partition coefficient (Wildman–Crippen LogP) is 3.58. The molecular weight excluding hydrogens is 383 g/mol. The van der Waals surface area contributed by atoms with Gasteiger partial charge < -0.3 is 14.2 Å². The summed E-state index contributed by atoms with van der Waals surface area (Å²) in [5.74, 6) is -0.970. The number of esters is 1. The molecule has 1 aliphatic carbocycles. The van der Waals surface area contributed by atoms with Crippen LogP contribution in [0.1, 0.15) is 43.8 Å². The summed E-state index contributed by atoms with van der Waals surface area (Å²) in [5, 5.41) is 0. The van der Waals surface area contributed by atoms with E-state index in [1.807, 2.05) is 24.3 Å². The van der Waals surface area contributed by atoms with E-state index in [4.69, 9.17) is 14.2 Å². The highest BCUT2D eigenvalue weighted by Gasteiger charge is 2.52. The molecule has 0 radical (unpaired) electrons. The van der Waals surface area contributed by atoms with Gasteiger partial charge >= 0.3 is 5.97 Å². The second-order valence-electron chi connectivity index (χ2n) is 5.59. The van der Waals surface area contributed by atoms with Crippen LogP contribution >= 0.6 is 22.6 Å². The summed E-state index contributed by atoms with van der Waals surface area (Å²) in [5.41, 5.74) is 0.996. The van der Waals surface area contributed by atoms with Crippen molar-refractivity contribution in [3.05, 3.63) is 33.4 Å². The first-order valence-electron chi connectivity index (χ1n) is 7.33. The third-order valence-corrected chi connectivity index (χ3v) is 5.20. The summed E-state index contributed by atoms with van der Waals surface area (Å²) in [7, 11) is 1.39. The smallest absolute Gasteiger partial charge is 0.338 e. The molecule has 1 aliphatic heterocycles. The summed E-state index contributed by atoms with van der Waals surface area (Å²) >= 11 is 2.27. The number of benzene rings is 1. The zero-order valence-electron chi connectivity index (χ0n) is 12.0. The SMILES string of the molecule is COC(=O)[C@H]1OC2(CCCCC2)O[C@@H]1c1ccccc1I. The van der Waals surface area contributed by atoms with Gasteiger partial charge in [-0.1, -0.05) is 24.6 Å². The molecule has 3 rings (SSSR count). The molecule has 1 saturated heterocycles. The van der Waals surface area contributed by atoms with E-state index in [0.717, 1.165) is 34.8 Å². The predicted molar refractivity (Wildman–Crippen MR) is 85.7 cm³/mol. The second-order valence-corrected chi connectivity index (χ2v) is 6.76. The van der Waals surface area contributed by atoms with Crippen molar-refractivity contribution in [2.24, 2.45) is 0 Å². The minimum absolute atomic E-state index is 0.359. The maximum Gasteiger partial charge on any atom is 0.338 e. The van der Waals surface area contributed by atoms with Gasteiger partial charge in [-0.25, -0.2) is 4.79 Å². The number of rotatable bonds is 2. The molecule has 0 N–H and O–H groups in total. The Morgan fingerprint density at radius 2 is 1.95 bits per heavy atom. The minimum Gasteiger partial charge on any atom is -0.467 e. The largest absolute Gasteiger partial charge is 0.467 e. The van der Waals surface area contributed by atoms with Crippen molar-refractivity contribution in [3.63, 3.8) is 0 Å².